The average molecular weight is 645 g/mol. The van der Waals surface area contributed by atoms with Crippen LogP contribution >= 0.6 is 23.2 Å². The van der Waals surface area contributed by atoms with Crippen LogP contribution in [0.1, 0.15) is 34.8 Å². The van der Waals surface area contributed by atoms with E-state index in [9.17, 15) is 22.0 Å². The molecule has 0 fully saturated rings. The van der Waals surface area contributed by atoms with Gasteiger partial charge < -0.3 is 31.4 Å². The Kier molecular flexibility index (Phi) is 10.1. The van der Waals surface area contributed by atoms with Crippen LogP contribution in [-0.2, 0) is 14.2 Å². The molecule has 0 spiro atoms. The topological polar surface area (TPSA) is 143 Å². The molecule has 9 nitrogen and oxygen atoms in total. The fourth-order valence-electron chi connectivity index (χ4n) is 3.90. The SMILES string of the molecule is NC1=N[C@@H](c2cc(F)c(F)c(F)c2)CO1.NC1=N[C@@H](c2ccc(Cl)c(F)c2)CO1.NC1=N[C@@H](c2ccc(F)c(Cl)c2)CO1. The zero-order valence-corrected chi connectivity index (χ0v) is 23.4. The largest absolute Gasteiger partial charge is 0.463 e. The Labute approximate surface area is 251 Å². The Hall–Kier alpha value is -4.30. The van der Waals surface area contributed by atoms with Crippen LogP contribution in [0.5, 0.6) is 0 Å². The summed E-state index contributed by atoms with van der Waals surface area (Å²) in [6.45, 7) is 0.844. The highest BCUT2D eigenvalue weighted by molar-refractivity contribution is 6.31. The van der Waals surface area contributed by atoms with Crippen molar-refractivity contribution < 1.29 is 36.2 Å². The number of ether oxygens (including phenoxy) is 3. The lowest BCUT2D eigenvalue weighted by Crippen LogP contribution is -2.10. The molecule has 3 aromatic carbocycles. The number of amidine groups is 3. The van der Waals surface area contributed by atoms with E-state index in [-0.39, 0.29) is 52.4 Å². The summed E-state index contributed by atoms with van der Waals surface area (Å²) in [5.41, 5.74) is 17.6. The fraction of sp³-hybridized carbons (Fsp3) is 0.222. The molecule has 0 amide bonds. The minimum Gasteiger partial charge on any atom is -0.463 e. The smallest absolute Gasteiger partial charge is 0.282 e. The number of hydrogen-bond donors (Lipinski definition) is 3. The normalized spacial score (nSPS) is 20.3. The summed E-state index contributed by atoms with van der Waals surface area (Å²) in [4.78, 5) is 11.8. The van der Waals surface area contributed by atoms with Gasteiger partial charge in [-0.3, -0.25) is 0 Å². The Morgan fingerprint density at radius 1 is 0.535 bits per heavy atom. The molecule has 0 aliphatic carbocycles. The van der Waals surface area contributed by atoms with E-state index in [4.69, 9.17) is 54.6 Å². The van der Waals surface area contributed by atoms with Gasteiger partial charge in [0.05, 0.1) is 10.0 Å². The van der Waals surface area contributed by atoms with Crippen LogP contribution in [-0.4, -0.2) is 37.9 Å². The number of benzene rings is 3. The van der Waals surface area contributed by atoms with E-state index >= 15 is 0 Å². The van der Waals surface area contributed by atoms with Crippen molar-refractivity contribution in [1.29, 1.82) is 0 Å². The predicted molar refractivity (Wildman–Crippen MR) is 150 cm³/mol. The minimum absolute atomic E-state index is 0.0369. The Bertz CT molecular complexity index is 1490. The first-order chi connectivity index (χ1) is 20.4. The molecule has 3 aliphatic rings. The van der Waals surface area contributed by atoms with Gasteiger partial charge in [0.1, 0.15) is 49.6 Å². The molecule has 3 aromatic rings. The highest BCUT2D eigenvalue weighted by Gasteiger charge is 2.23. The van der Waals surface area contributed by atoms with Crippen molar-refractivity contribution in [1.82, 2.24) is 0 Å². The summed E-state index contributed by atoms with van der Waals surface area (Å²) in [6.07, 6.45) is 0. The van der Waals surface area contributed by atoms with Gasteiger partial charge in [-0.05, 0) is 53.1 Å². The third-order valence-corrected chi connectivity index (χ3v) is 6.66. The van der Waals surface area contributed by atoms with Crippen molar-refractivity contribution in [2.75, 3.05) is 19.8 Å². The van der Waals surface area contributed by atoms with Gasteiger partial charge in [-0.15, -0.1) is 0 Å². The maximum atomic E-state index is 13.1. The van der Waals surface area contributed by atoms with Crippen LogP contribution in [0.25, 0.3) is 0 Å². The van der Waals surface area contributed by atoms with E-state index in [2.05, 4.69) is 15.0 Å². The van der Waals surface area contributed by atoms with Gasteiger partial charge in [-0.1, -0.05) is 35.3 Å². The van der Waals surface area contributed by atoms with Crippen molar-refractivity contribution in [3.63, 3.8) is 0 Å². The standard InChI is InChI=1S/2C9H8ClFN2O.C9H7F3N2O/c10-6-3-5(1-2-7(6)11)8-4-14-9(12)13-8;10-6-2-1-5(3-7(6)11)8-4-14-9(12)13-8;10-5-1-4(2-6(11)8(5)12)7-3-15-9(13)14-7/h2*1-3,8H,4H2,(H2,12,13);1-2,7H,3H2,(H2,13,14)/t2*8-;7-/m111/s1. The van der Waals surface area contributed by atoms with Crippen LogP contribution < -0.4 is 17.2 Å². The molecule has 3 atom stereocenters. The number of nitrogens with two attached hydrogens (primary N) is 3. The molecule has 3 heterocycles. The second kappa shape index (κ2) is 13.8. The highest BCUT2D eigenvalue weighted by atomic mass is 35.5. The van der Waals surface area contributed by atoms with E-state index in [1.165, 1.54) is 24.3 Å². The van der Waals surface area contributed by atoms with Crippen molar-refractivity contribution >= 4 is 41.3 Å². The molecule has 3 aliphatic heterocycles. The molecule has 0 unspecified atom stereocenters. The van der Waals surface area contributed by atoms with Gasteiger partial charge in [-0.25, -0.2) is 36.9 Å². The number of nitrogens with zero attached hydrogens (tertiary/aromatic N) is 3. The third-order valence-electron chi connectivity index (χ3n) is 6.06. The van der Waals surface area contributed by atoms with E-state index in [1.54, 1.807) is 12.1 Å². The summed E-state index contributed by atoms with van der Waals surface area (Å²) in [7, 11) is 0. The van der Waals surface area contributed by atoms with Crippen LogP contribution in [0.15, 0.2) is 63.5 Å². The average Bonchev–Trinajstić information content (AvgIpc) is 3.72. The maximum Gasteiger partial charge on any atom is 0.282 e. The van der Waals surface area contributed by atoms with Crippen LogP contribution in [0, 0.1) is 29.1 Å². The molecular weight excluding hydrogens is 622 g/mol. The Morgan fingerprint density at radius 2 is 0.953 bits per heavy atom. The summed E-state index contributed by atoms with van der Waals surface area (Å²) in [5.74, 6) is -4.87. The minimum atomic E-state index is -1.49. The maximum absolute atomic E-state index is 13.1. The Balaban J connectivity index is 0.000000148. The van der Waals surface area contributed by atoms with E-state index in [0.29, 0.717) is 18.8 Å². The first-order valence-electron chi connectivity index (χ1n) is 12.3. The second-order valence-corrected chi connectivity index (χ2v) is 9.84. The molecule has 0 aromatic heterocycles. The quantitative estimate of drug-likeness (QED) is 0.264. The molecule has 16 heteroatoms. The van der Waals surface area contributed by atoms with Gasteiger partial charge >= 0.3 is 0 Å². The van der Waals surface area contributed by atoms with Crippen LogP contribution in [0.2, 0.25) is 10.0 Å². The molecule has 6 rings (SSSR count). The zero-order chi connectivity index (χ0) is 31.3. The van der Waals surface area contributed by atoms with E-state index in [1.807, 2.05) is 0 Å². The molecule has 0 bridgehead atoms. The second-order valence-electron chi connectivity index (χ2n) is 9.03. The number of halogens is 7. The van der Waals surface area contributed by atoms with Gasteiger partial charge in [0.25, 0.3) is 18.1 Å². The van der Waals surface area contributed by atoms with Crippen LogP contribution in [0.3, 0.4) is 0 Å². The van der Waals surface area contributed by atoms with Gasteiger partial charge in [0.15, 0.2) is 17.5 Å². The Morgan fingerprint density at radius 3 is 1.37 bits per heavy atom. The summed E-state index contributed by atoms with van der Waals surface area (Å²) >= 11 is 11.2. The lowest BCUT2D eigenvalue weighted by Gasteiger charge is -2.06. The molecule has 0 radical (unpaired) electrons. The highest BCUT2D eigenvalue weighted by Crippen LogP contribution is 2.27. The van der Waals surface area contributed by atoms with Gasteiger partial charge in [0, 0.05) is 0 Å². The van der Waals surface area contributed by atoms with E-state index < -0.39 is 35.1 Å². The molecule has 228 valence electrons. The van der Waals surface area contributed by atoms with Crippen molar-refractivity contribution in [2.24, 2.45) is 32.2 Å². The zero-order valence-electron chi connectivity index (χ0n) is 21.9. The van der Waals surface area contributed by atoms with E-state index in [0.717, 1.165) is 17.7 Å². The van der Waals surface area contributed by atoms with Crippen molar-refractivity contribution in [3.05, 3.63) is 104 Å². The predicted octanol–water partition coefficient (Wildman–Crippen LogP) is 5.22. The third kappa shape index (κ3) is 8.17. The van der Waals surface area contributed by atoms with Crippen LogP contribution in [0.4, 0.5) is 22.0 Å². The molecule has 0 saturated heterocycles. The van der Waals surface area contributed by atoms with Crippen molar-refractivity contribution in [3.8, 4) is 0 Å². The fourth-order valence-corrected chi connectivity index (χ4v) is 4.20. The lowest BCUT2D eigenvalue weighted by molar-refractivity contribution is 0.314. The first-order valence-corrected chi connectivity index (χ1v) is 13.1. The number of rotatable bonds is 3. The molecular formula is C27H23Cl2F5N6O3. The van der Waals surface area contributed by atoms with Gasteiger partial charge in [-0.2, -0.15) is 0 Å². The lowest BCUT2D eigenvalue weighted by atomic mass is 10.1. The number of hydrogen-bond acceptors (Lipinski definition) is 9. The van der Waals surface area contributed by atoms with Gasteiger partial charge in [0.2, 0.25) is 0 Å². The monoisotopic (exact) mass is 644 g/mol. The first kappa shape index (κ1) is 31.6. The summed E-state index contributed by atoms with van der Waals surface area (Å²) in [6, 6.07) is 10.1. The molecule has 43 heavy (non-hydrogen) atoms. The molecule has 6 N–H and O–H groups in total. The molecule has 0 saturated carbocycles. The number of aliphatic imine (C=N–C) groups is 3. The summed E-state index contributed by atoms with van der Waals surface area (Å²) in [5, 5.41) is 0.188. The summed E-state index contributed by atoms with van der Waals surface area (Å²) < 4.78 is 79.0. The van der Waals surface area contributed by atoms with Crippen molar-refractivity contribution in [2.45, 2.75) is 18.1 Å².